The van der Waals surface area contributed by atoms with E-state index in [1.54, 1.807) is 0 Å². The van der Waals surface area contributed by atoms with Gasteiger partial charge in [-0.05, 0) is 49.2 Å². The van der Waals surface area contributed by atoms with E-state index in [9.17, 15) is 0 Å². The number of ether oxygens (including phenoxy) is 1. The summed E-state index contributed by atoms with van der Waals surface area (Å²) in [6, 6.07) is 18.7. The number of nitrogens with zero attached hydrogens (tertiary/aromatic N) is 4. The molecule has 3 aliphatic rings. The first kappa shape index (κ1) is 16.3. The Bertz CT molecular complexity index is 886. The van der Waals surface area contributed by atoms with Crippen molar-refractivity contribution in [1.82, 2.24) is 15.1 Å². The minimum Gasteiger partial charge on any atom is -0.457 e. The van der Waals surface area contributed by atoms with Crippen LogP contribution in [0.4, 0.5) is 6.01 Å². The van der Waals surface area contributed by atoms with Crippen LogP contribution in [0, 0.1) is 0 Å². The zero-order chi connectivity index (χ0) is 18.1. The highest BCUT2D eigenvalue weighted by Gasteiger charge is 2.31. The SMILES string of the molecule is c1ccc(Oc2ccc(-c3nnc(N4CCN5CCC4CC5)o3)cc2)cc1. The van der Waals surface area contributed by atoms with Gasteiger partial charge in [-0.1, -0.05) is 23.3 Å². The van der Waals surface area contributed by atoms with Crippen LogP contribution in [0.5, 0.6) is 11.5 Å². The second kappa shape index (κ2) is 7.04. The predicted molar refractivity (Wildman–Crippen MR) is 103 cm³/mol. The first-order valence-corrected chi connectivity index (χ1v) is 9.51. The molecule has 4 heterocycles. The lowest BCUT2D eigenvalue weighted by molar-refractivity contribution is 0.249. The van der Waals surface area contributed by atoms with Gasteiger partial charge in [-0.25, -0.2) is 0 Å². The Balaban J connectivity index is 1.32. The Kier molecular flexibility index (Phi) is 4.26. The number of para-hydroxylation sites is 1. The van der Waals surface area contributed by atoms with Crippen molar-refractivity contribution in [3.05, 3.63) is 54.6 Å². The lowest BCUT2D eigenvalue weighted by atomic mass is 10.1. The fourth-order valence-electron chi connectivity index (χ4n) is 3.88. The van der Waals surface area contributed by atoms with Crippen LogP contribution in [0.15, 0.2) is 59.0 Å². The number of benzene rings is 2. The smallest absolute Gasteiger partial charge is 0.318 e. The third-order valence-corrected chi connectivity index (χ3v) is 5.40. The minimum absolute atomic E-state index is 0.513. The summed E-state index contributed by atoms with van der Waals surface area (Å²) >= 11 is 0. The van der Waals surface area contributed by atoms with Gasteiger partial charge >= 0.3 is 6.01 Å². The largest absolute Gasteiger partial charge is 0.457 e. The van der Waals surface area contributed by atoms with Gasteiger partial charge in [-0.2, -0.15) is 0 Å². The van der Waals surface area contributed by atoms with Gasteiger partial charge in [-0.3, -0.25) is 0 Å². The highest BCUT2D eigenvalue weighted by Crippen LogP contribution is 2.29. The Morgan fingerprint density at radius 1 is 0.815 bits per heavy atom. The molecule has 0 aliphatic carbocycles. The van der Waals surface area contributed by atoms with Gasteiger partial charge in [0.05, 0.1) is 0 Å². The van der Waals surface area contributed by atoms with E-state index in [0.29, 0.717) is 17.9 Å². The van der Waals surface area contributed by atoms with Gasteiger partial charge in [0.2, 0.25) is 5.89 Å². The standard InChI is InChI=1S/C21H22N4O2/c1-2-4-18(5-3-1)26-19-8-6-16(7-9-19)20-22-23-21(27-20)25-15-14-24-12-10-17(25)11-13-24/h1-9,17H,10-15H2. The van der Waals surface area contributed by atoms with Gasteiger partial charge in [0, 0.05) is 37.8 Å². The Labute approximate surface area is 158 Å². The van der Waals surface area contributed by atoms with Crippen LogP contribution in [-0.2, 0) is 0 Å². The van der Waals surface area contributed by atoms with Crippen molar-refractivity contribution in [1.29, 1.82) is 0 Å². The predicted octanol–water partition coefficient (Wildman–Crippen LogP) is 3.81. The van der Waals surface area contributed by atoms with Crippen molar-refractivity contribution >= 4 is 6.01 Å². The second-order valence-corrected chi connectivity index (χ2v) is 7.10. The van der Waals surface area contributed by atoms with Crippen molar-refractivity contribution in [3.63, 3.8) is 0 Å². The maximum absolute atomic E-state index is 6.02. The van der Waals surface area contributed by atoms with Gasteiger partial charge in [0.1, 0.15) is 11.5 Å². The summed E-state index contributed by atoms with van der Waals surface area (Å²) in [6.07, 6.45) is 2.34. The highest BCUT2D eigenvalue weighted by molar-refractivity contribution is 5.55. The zero-order valence-electron chi connectivity index (χ0n) is 15.1. The molecule has 2 aromatic carbocycles. The molecule has 138 valence electrons. The number of piperidine rings is 1. The summed E-state index contributed by atoms with van der Waals surface area (Å²) in [4.78, 5) is 4.80. The average molecular weight is 362 g/mol. The molecule has 0 N–H and O–H groups in total. The molecular weight excluding hydrogens is 340 g/mol. The maximum Gasteiger partial charge on any atom is 0.318 e. The van der Waals surface area contributed by atoms with Crippen LogP contribution < -0.4 is 9.64 Å². The molecule has 0 spiro atoms. The highest BCUT2D eigenvalue weighted by atomic mass is 16.5. The van der Waals surface area contributed by atoms with Gasteiger partial charge in [0.15, 0.2) is 0 Å². The minimum atomic E-state index is 0.513. The molecule has 6 nitrogen and oxygen atoms in total. The molecule has 0 radical (unpaired) electrons. The van der Waals surface area contributed by atoms with Crippen molar-refractivity contribution in [2.75, 3.05) is 31.1 Å². The second-order valence-electron chi connectivity index (χ2n) is 7.10. The number of hydrogen-bond donors (Lipinski definition) is 0. The Morgan fingerprint density at radius 3 is 2.33 bits per heavy atom. The molecule has 3 fully saturated rings. The molecule has 6 heteroatoms. The molecule has 3 saturated heterocycles. The quantitative estimate of drug-likeness (QED) is 0.703. The first-order valence-electron chi connectivity index (χ1n) is 9.51. The summed E-state index contributed by atoms with van der Waals surface area (Å²) in [5, 5.41) is 8.60. The van der Waals surface area contributed by atoms with Crippen LogP contribution in [0.3, 0.4) is 0 Å². The Hall–Kier alpha value is -2.86. The van der Waals surface area contributed by atoms with E-state index in [-0.39, 0.29) is 0 Å². The van der Waals surface area contributed by atoms with E-state index < -0.39 is 0 Å². The summed E-state index contributed by atoms with van der Waals surface area (Å²) in [5.41, 5.74) is 0.900. The Morgan fingerprint density at radius 2 is 1.56 bits per heavy atom. The van der Waals surface area contributed by atoms with Crippen LogP contribution in [0.1, 0.15) is 12.8 Å². The molecular formula is C21H22N4O2. The molecule has 3 aliphatic heterocycles. The number of anilines is 1. The third kappa shape index (κ3) is 3.40. The van der Waals surface area contributed by atoms with Crippen molar-refractivity contribution in [3.8, 4) is 23.0 Å². The normalized spacial score (nSPS) is 21.9. The summed E-state index contributed by atoms with van der Waals surface area (Å²) < 4.78 is 11.9. The van der Waals surface area contributed by atoms with E-state index in [1.807, 2.05) is 54.6 Å². The number of aromatic nitrogens is 2. The zero-order valence-corrected chi connectivity index (χ0v) is 15.1. The van der Waals surface area contributed by atoms with Crippen molar-refractivity contribution in [2.45, 2.75) is 18.9 Å². The lowest BCUT2D eigenvalue weighted by Crippen LogP contribution is -2.38. The molecule has 0 unspecified atom stereocenters. The van der Waals surface area contributed by atoms with Crippen LogP contribution in [0.25, 0.3) is 11.5 Å². The molecule has 2 bridgehead atoms. The molecule has 0 atom stereocenters. The average Bonchev–Trinajstić information content (AvgIpc) is 3.01. The molecule has 1 aromatic heterocycles. The van der Waals surface area contributed by atoms with Crippen LogP contribution >= 0.6 is 0 Å². The van der Waals surface area contributed by atoms with E-state index in [2.05, 4.69) is 20.0 Å². The fraction of sp³-hybridized carbons (Fsp3) is 0.333. The van der Waals surface area contributed by atoms with E-state index in [4.69, 9.17) is 9.15 Å². The van der Waals surface area contributed by atoms with Crippen LogP contribution in [-0.4, -0.2) is 47.3 Å². The molecule has 6 rings (SSSR count). The summed E-state index contributed by atoms with van der Waals surface area (Å²) in [5.74, 6) is 2.15. The topological polar surface area (TPSA) is 54.6 Å². The lowest BCUT2D eigenvalue weighted by Gasteiger charge is -2.29. The van der Waals surface area contributed by atoms with E-state index in [1.165, 1.54) is 25.9 Å². The summed E-state index contributed by atoms with van der Waals surface area (Å²) in [7, 11) is 0. The number of rotatable bonds is 4. The molecule has 0 saturated carbocycles. The molecule has 27 heavy (non-hydrogen) atoms. The van der Waals surface area contributed by atoms with Gasteiger partial charge in [-0.15, -0.1) is 5.10 Å². The van der Waals surface area contributed by atoms with Crippen LogP contribution in [0.2, 0.25) is 0 Å². The fourth-order valence-corrected chi connectivity index (χ4v) is 3.88. The van der Waals surface area contributed by atoms with E-state index >= 15 is 0 Å². The van der Waals surface area contributed by atoms with E-state index in [0.717, 1.165) is 30.2 Å². The first-order chi connectivity index (χ1) is 13.3. The summed E-state index contributed by atoms with van der Waals surface area (Å²) in [6.45, 7) is 4.37. The monoisotopic (exact) mass is 362 g/mol. The molecule has 3 aromatic rings. The number of fused-ring (bicyclic) bond motifs is 4. The number of hydrogen-bond acceptors (Lipinski definition) is 6. The third-order valence-electron chi connectivity index (χ3n) is 5.40. The maximum atomic E-state index is 6.02. The van der Waals surface area contributed by atoms with Crippen molar-refractivity contribution in [2.24, 2.45) is 0 Å². The molecule has 0 amide bonds. The van der Waals surface area contributed by atoms with Crippen molar-refractivity contribution < 1.29 is 9.15 Å². The van der Waals surface area contributed by atoms with Gasteiger partial charge in [0.25, 0.3) is 0 Å². The van der Waals surface area contributed by atoms with Gasteiger partial charge < -0.3 is 19.0 Å².